The average molecular weight is 275 g/mol. The quantitative estimate of drug-likeness (QED) is 0.815. The fourth-order valence-corrected chi connectivity index (χ4v) is 2.90. The van der Waals surface area contributed by atoms with Crippen molar-refractivity contribution < 1.29 is 4.39 Å². The molecule has 0 bridgehead atoms. The summed E-state index contributed by atoms with van der Waals surface area (Å²) in [7, 11) is 0. The van der Waals surface area contributed by atoms with Gasteiger partial charge >= 0.3 is 0 Å². The van der Waals surface area contributed by atoms with Crippen LogP contribution in [0.5, 0.6) is 0 Å². The SMILES string of the molecule is CC(C)NC/C(=C/c1ccccc1F)C1CCCCC1. The number of halogens is 1. The minimum atomic E-state index is -0.120. The molecule has 2 rings (SSSR count). The molecule has 0 amide bonds. The normalized spacial score (nSPS) is 17.7. The standard InChI is InChI=1S/C18H26FN/c1-14(2)20-13-17(15-8-4-3-5-9-15)12-16-10-6-7-11-18(16)19/h6-7,10-12,14-15,20H,3-5,8-9,13H2,1-2H3/b17-12-. The van der Waals surface area contributed by atoms with E-state index in [1.807, 2.05) is 12.1 Å². The zero-order valence-corrected chi connectivity index (χ0v) is 12.7. The van der Waals surface area contributed by atoms with E-state index in [-0.39, 0.29) is 5.82 Å². The molecule has 1 nitrogen and oxygen atoms in total. The van der Waals surface area contributed by atoms with E-state index in [2.05, 4.69) is 25.2 Å². The Bertz CT molecular complexity index is 444. The molecule has 0 spiro atoms. The van der Waals surface area contributed by atoms with Crippen molar-refractivity contribution in [3.63, 3.8) is 0 Å². The van der Waals surface area contributed by atoms with E-state index in [0.717, 1.165) is 12.1 Å². The van der Waals surface area contributed by atoms with Crippen molar-refractivity contribution in [2.75, 3.05) is 6.54 Å². The van der Waals surface area contributed by atoms with Gasteiger partial charge in [-0.3, -0.25) is 0 Å². The summed E-state index contributed by atoms with van der Waals surface area (Å²) >= 11 is 0. The Balaban J connectivity index is 2.18. The molecular weight excluding hydrogens is 249 g/mol. The molecule has 0 aromatic heterocycles. The zero-order chi connectivity index (χ0) is 14.4. The Morgan fingerprint density at radius 1 is 1.25 bits per heavy atom. The number of hydrogen-bond donors (Lipinski definition) is 1. The third kappa shape index (κ3) is 4.45. The lowest BCUT2D eigenvalue weighted by Gasteiger charge is -2.26. The van der Waals surface area contributed by atoms with Crippen LogP contribution in [0.25, 0.3) is 6.08 Å². The summed E-state index contributed by atoms with van der Waals surface area (Å²) < 4.78 is 13.9. The van der Waals surface area contributed by atoms with Gasteiger partial charge in [-0.1, -0.05) is 63.0 Å². The molecule has 1 aliphatic rings. The Hall–Kier alpha value is -1.15. The topological polar surface area (TPSA) is 12.0 Å². The maximum Gasteiger partial charge on any atom is 0.130 e. The predicted octanol–water partition coefficient (Wildman–Crippen LogP) is 4.79. The lowest BCUT2D eigenvalue weighted by Crippen LogP contribution is -2.28. The van der Waals surface area contributed by atoms with E-state index in [0.29, 0.717) is 12.0 Å². The zero-order valence-electron chi connectivity index (χ0n) is 12.7. The molecule has 0 radical (unpaired) electrons. The fraction of sp³-hybridized carbons (Fsp3) is 0.556. The van der Waals surface area contributed by atoms with E-state index in [4.69, 9.17) is 0 Å². The smallest absolute Gasteiger partial charge is 0.130 e. The van der Waals surface area contributed by atoms with Gasteiger partial charge in [0.15, 0.2) is 0 Å². The molecule has 1 fully saturated rings. The molecule has 2 heteroatoms. The van der Waals surface area contributed by atoms with Crippen LogP contribution in [0.4, 0.5) is 4.39 Å². The van der Waals surface area contributed by atoms with Crippen molar-refractivity contribution in [3.05, 3.63) is 41.2 Å². The van der Waals surface area contributed by atoms with Gasteiger partial charge < -0.3 is 5.32 Å². The second kappa shape index (κ2) is 7.58. The van der Waals surface area contributed by atoms with Crippen LogP contribution in [0.15, 0.2) is 29.8 Å². The van der Waals surface area contributed by atoms with E-state index >= 15 is 0 Å². The lowest BCUT2D eigenvalue weighted by molar-refractivity contribution is 0.394. The first kappa shape index (κ1) is 15.2. The third-order valence-electron chi connectivity index (χ3n) is 4.09. The molecular formula is C18H26FN. The first-order chi connectivity index (χ1) is 9.66. The van der Waals surface area contributed by atoms with Crippen LogP contribution >= 0.6 is 0 Å². The van der Waals surface area contributed by atoms with Crippen LogP contribution in [0, 0.1) is 11.7 Å². The summed E-state index contributed by atoms with van der Waals surface area (Å²) in [5, 5.41) is 3.49. The number of rotatable bonds is 5. The first-order valence-corrected chi connectivity index (χ1v) is 7.85. The molecule has 0 saturated heterocycles. The minimum Gasteiger partial charge on any atom is -0.311 e. The predicted molar refractivity (Wildman–Crippen MR) is 84.1 cm³/mol. The fourth-order valence-electron chi connectivity index (χ4n) is 2.90. The highest BCUT2D eigenvalue weighted by molar-refractivity contribution is 5.54. The molecule has 0 aliphatic heterocycles. The minimum absolute atomic E-state index is 0.120. The van der Waals surface area contributed by atoms with Gasteiger partial charge in [-0.05, 0) is 24.8 Å². The molecule has 20 heavy (non-hydrogen) atoms. The molecule has 1 saturated carbocycles. The van der Waals surface area contributed by atoms with Crippen LogP contribution in [-0.2, 0) is 0 Å². The van der Waals surface area contributed by atoms with Gasteiger partial charge in [0.1, 0.15) is 5.82 Å². The van der Waals surface area contributed by atoms with Crippen molar-refractivity contribution in [1.82, 2.24) is 5.32 Å². The van der Waals surface area contributed by atoms with Crippen molar-refractivity contribution in [2.45, 2.75) is 52.0 Å². The van der Waals surface area contributed by atoms with Crippen LogP contribution in [0.1, 0.15) is 51.5 Å². The Labute approximate surface area is 122 Å². The summed E-state index contributed by atoms with van der Waals surface area (Å²) in [5.41, 5.74) is 2.09. The molecule has 0 atom stereocenters. The molecule has 1 N–H and O–H groups in total. The molecule has 1 aromatic carbocycles. The highest BCUT2D eigenvalue weighted by Gasteiger charge is 2.18. The summed E-state index contributed by atoms with van der Waals surface area (Å²) in [5.74, 6) is 0.500. The second-order valence-corrected chi connectivity index (χ2v) is 6.11. The van der Waals surface area contributed by atoms with Gasteiger partial charge in [0.25, 0.3) is 0 Å². The summed E-state index contributed by atoms with van der Waals surface area (Å²) in [6.45, 7) is 5.18. The van der Waals surface area contributed by atoms with Crippen LogP contribution < -0.4 is 5.32 Å². The summed E-state index contributed by atoms with van der Waals surface area (Å²) in [4.78, 5) is 0. The van der Waals surface area contributed by atoms with Gasteiger partial charge in [-0.25, -0.2) is 4.39 Å². The summed E-state index contributed by atoms with van der Waals surface area (Å²) in [6.07, 6.45) is 8.53. The average Bonchev–Trinajstić information content (AvgIpc) is 2.46. The Kier molecular flexibility index (Phi) is 5.78. The largest absolute Gasteiger partial charge is 0.311 e. The Morgan fingerprint density at radius 3 is 2.60 bits per heavy atom. The van der Waals surface area contributed by atoms with Crippen molar-refractivity contribution in [1.29, 1.82) is 0 Å². The van der Waals surface area contributed by atoms with Gasteiger partial charge in [-0.2, -0.15) is 0 Å². The van der Waals surface area contributed by atoms with Gasteiger partial charge in [0.2, 0.25) is 0 Å². The molecule has 110 valence electrons. The lowest BCUT2D eigenvalue weighted by atomic mass is 9.83. The summed E-state index contributed by atoms with van der Waals surface area (Å²) in [6, 6.07) is 7.53. The molecule has 0 unspecified atom stereocenters. The number of hydrogen-bond acceptors (Lipinski definition) is 1. The van der Waals surface area contributed by atoms with Gasteiger partial charge in [-0.15, -0.1) is 0 Å². The van der Waals surface area contributed by atoms with E-state index < -0.39 is 0 Å². The maximum absolute atomic E-state index is 13.9. The van der Waals surface area contributed by atoms with Crippen molar-refractivity contribution in [2.24, 2.45) is 5.92 Å². The van der Waals surface area contributed by atoms with Gasteiger partial charge in [0.05, 0.1) is 0 Å². The maximum atomic E-state index is 13.9. The van der Waals surface area contributed by atoms with Crippen molar-refractivity contribution in [3.8, 4) is 0 Å². The molecule has 1 aliphatic carbocycles. The van der Waals surface area contributed by atoms with Crippen LogP contribution in [0.2, 0.25) is 0 Å². The van der Waals surface area contributed by atoms with Crippen molar-refractivity contribution >= 4 is 6.08 Å². The highest BCUT2D eigenvalue weighted by atomic mass is 19.1. The Morgan fingerprint density at radius 2 is 1.95 bits per heavy atom. The number of benzene rings is 1. The monoisotopic (exact) mass is 275 g/mol. The van der Waals surface area contributed by atoms with Crippen LogP contribution in [-0.4, -0.2) is 12.6 Å². The highest BCUT2D eigenvalue weighted by Crippen LogP contribution is 2.31. The molecule has 0 heterocycles. The van der Waals surface area contributed by atoms with E-state index in [1.54, 1.807) is 12.1 Å². The van der Waals surface area contributed by atoms with E-state index in [1.165, 1.54) is 37.7 Å². The van der Waals surface area contributed by atoms with Gasteiger partial charge in [0, 0.05) is 18.2 Å². The van der Waals surface area contributed by atoms with E-state index in [9.17, 15) is 4.39 Å². The first-order valence-electron chi connectivity index (χ1n) is 7.85. The second-order valence-electron chi connectivity index (χ2n) is 6.11. The van der Waals surface area contributed by atoms with Crippen LogP contribution in [0.3, 0.4) is 0 Å². The molecule has 1 aromatic rings. The third-order valence-corrected chi connectivity index (χ3v) is 4.09. The number of nitrogens with one attached hydrogen (secondary N) is 1.